The summed E-state index contributed by atoms with van der Waals surface area (Å²) in [5, 5.41) is 13.0. The van der Waals surface area contributed by atoms with Gasteiger partial charge in [0.15, 0.2) is 0 Å². The lowest BCUT2D eigenvalue weighted by molar-refractivity contribution is 0.143. The first kappa shape index (κ1) is 10.0. The van der Waals surface area contributed by atoms with Crippen molar-refractivity contribution in [3.8, 4) is 0 Å². The Labute approximate surface area is 75.4 Å². The molecule has 1 rings (SSSR count). The second-order valence-electron chi connectivity index (χ2n) is 3.96. The SMILES string of the molecule is CCC[C@H](C)N[C@@H]1CCC[C@@H]1O. The van der Waals surface area contributed by atoms with Crippen LogP contribution in [0.4, 0.5) is 0 Å². The van der Waals surface area contributed by atoms with Crippen LogP contribution in [0.3, 0.4) is 0 Å². The molecule has 0 unspecified atom stereocenters. The molecule has 1 saturated carbocycles. The van der Waals surface area contributed by atoms with Gasteiger partial charge >= 0.3 is 0 Å². The summed E-state index contributed by atoms with van der Waals surface area (Å²) in [6, 6.07) is 0.930. The molecule has 1 aliphatic carbocycles. The van der Waals surface area contributed by atoms with E-state index in [4.69, 9.17) is 0 Å². The normalized spacial score (nSPS) is 32.2. The van der Waals surface area contributed by atoms with E-state index in [2.05, 4.69) is 19.2 Å². The summed E-state index contributed by atoms with van der Waals surface area (Å²) in [7, 11) is 0. The predicted octanol–water partition coefficient (Wildman–Crippen LogP) is 1.68. The molecule has 0 bridgehead atoms. The minimum absolute atomic E-state index is 0.0932. The highest BCUT2D eigenvalue weighted by atomic mass is 16.3. The van der Waals surface area contributed by atoms with Gasteiger partial charge in [0.25, 0.3) is 0 Å². The van der Waals surface area contributed by atoms with E-state index >= 15 is 0 Å². The first-order valence-electron chi connectivity index (χ1n) is 5.18. The molecule has 12 heavy (non-hydrogen) atoms. The number of aliphatic hydroxyl groups excluding tert-OH is 1. The van der Waals surface area contributed by atoms with Crippen LogP contribution in [-0.4, -0.2) is 23.3 Å². The molecule has 0 spiro atoms. The Morgan fingerprint density at radius 2 is 2.25 bits per heavy atom. The molecule has 0 saturated heterocycles. The zero-order valence-corrected chi connectivity index (χ0v) is 8.21. The third kappa shape index (κ3) is 2.76. The second-order valence-corrected chi connectivity index (χ2v) is 3.96. The highest BCUT2D eigenvalue weighted by molar-refractivity contribution is 4.84. The van der Waals surface area contributed by atoms with Crippen molar-refractivity contribution in [3.05, 3.63) is 0 Å². The van der Waals surface area contributed by atoms with Gasteiger partial charge in [-0.1, -0.05) is 13.3 Å². The van der Waals surface area contributed by atoms with Gasteiger partial charge in [-0.3, -0.25) is 0 Å². The lowest BCUT2D eigenvalue weighted by Crippen LogP contribution is -2.41. The number of nitrogens with one attached hydrogen (secondary N) is 1. The van der Waals surface area contributed by atoms with Crippen molar-refractivity contribution in [1.29, 1.82) is 0 Å². The van der Waals surface area contributed by atoms with Crippen LogP contribution in [0.2, 0.25) is 0 Å². The summed E-state index contributed by atoms with van der Waals surface area (Å²) >= 11 is 0. The van der Waals surface area contributed by atoms with Crippen LogP contribution >= 0.6 is 0 Å². The van der Waals surface area contributed by atoms with E-state index in [1.807, 2.05) is 0 Å². The summed E-state index contributed by atoms with van der Waals surface area (Å²) in [5.74, 6) is 0. The molecule has 0 radical (unpaired) electrons. The van der Waals surface area contributed by atoms with Crippen molar-refractivity contribution >= 4 is 0 Å². The maximum Gasteiger partial charge on any atom is 0.0693 e. The summed E-state index contributed by atoms with van der Waals surface area (Å²) in [4.78, 5) is 0. The number of hydrogen-bond acceptors (Lipinski definition) is 2. The Morgan fingerprint density at radius 3 is 2.75 bits per heavy atom. The lowest BCUT2D eigenvalue weighted by Gasteiger charge is -2.21. The van der Waals surface area contributed by atoms with Crippen molar-refractivity contribution in [2.75, 3.05) is 0 Å². The summed E-state index contributed by atoms with van der Waals surface area (Å²) < 4.78 is 0. The van der Waals surface area contributed by atoms with E-state index in [9.17, 15) is 5.11 Å². The molecule has 0 aromatic rings. The molecule has 1 aliphatic rings. The molecule has 72 valence electrons. The largest absolute Gasteiger partial charge is 0.392 e. The third-order valence-corrected chi connectivity index (χ3v) is 2.70. The number of hydrogen-bond donors (Lipinski definition) is 2. The molecule has 2 heteroatoms. The fraction of sp³-hybridized carbons (Fsp3) is 1.00. The molecule has 0 aromatic carbocycles. The van der Waals surface area contributed by atoms with Crippen molar-refractivity contribution < 1.29 is 5.11 Å². The Bertz CT molecular complexity index is 127. The van der Waals surface area contributed by atoms with Gasteiger partial charge in [0, 0.05) is 12.1 Å². The average Bonchev–Trinajstić information content (AvgIpc) is 2.37. The van der Waals surface area contributed by atoms with Crippen molar-refractivity contribution in [3.63, 3.8) is 0 Å². The van der Waals surface area contributed by atoms with E-state index in [1.165, 1.54) is 19.3 Å². The highest BCUT2D eigenvalue weighted by Crippen LogP contribution is 2.19. The summed E-state index contributed by atoms with van der Waals surface area (Å²) in [6.45, 7) is 4.40. The van der Waals surface area contributed by atoms with Gasteiger partial charge in [-0.2, -0.15) is 0 Å². The predicted molar refractivity (Wildman–Crippen MR) is 51.2 cm³/mol. The molecule has 0 heterocycles. The van der Waals surface area contributed by atoms with Gasteiger partial charge in [0.2, 0.25) is 0 Å². The zero-order chi connectivity index (χ0) is 8.97. The van der Waals surface area contributed by atoms with Gasteiger partial charge in [-0.15, -0.1) is 0 Å². The molecule has 2 N–H and O–H groups in total. The van der Waals surface area contributed by atoms with Crippen molar-refractivity contribution in [2.45, 2.75) is 64.1 Å². The Kier molecular flexibility index (Phi) is 4.02. The molecule has 0 aromatic heterocycles. The topological polar surface area (TPSA) is 32.3 Å². The van der Waals surface area contributed by atoms with Crippen molar-refractivity contribution in [1.82, 2.24) is 5.32 Å². The fourth-order valence-corrected chi connectivity index (χ4v) is 2.02. The molecular weight excluding hydrogens is 150 g/mol. The van der Waals surface area contributed by atoms with Gasteiger partial charge in [0.05, 0.1) is 6.10 Å². The number of rotatable bonds is 4. The highest BCUT2D eigenvalue weighted by Gasteiger charge is 2.25. The van der Waals surface area contributed by atoms with Gasteiger partial charge in [-0.05, 0) is 32.6 Å². The zero-order valence-electron chi connectivity index (χ0n) is 8.21. The van der Waals surface area contributed by atoms with E-state index in [-0.39, 0.29) is 6.10 Å². The molecular formula is C10H21NO. The second kappa shape index (κ2) is 4.83. The van der Waals surface area contributed by atoms with E-state index in [0.29, 0.717) is 12.1 Å². The van der Waals surface area contributed by atoms with Crippen molar-refractivity contribution in [2.24, 2.45) is 0 Å². The first-order chi connectivity index (χ1) is 5.74. The molecule has 3 atom stereocenters. The van der Waals surface area contributed by atoms with Crippen LogP contribution in [0.5, 0.6) is 0 Å². The maximum absolute atomic E-state index is 9.54. The van der Waals surface area contributed by atoms with E-state index < -0.39 is 0 Å². The van der Waals surface area contributed by atoms with Gasteiger partial charge in [0.1, 0.15) is 0 Å². The van der Waals surface area contributed by atoms with Crippen LogP contribution < -0.4 is 5.32 Å². The smallest absolute Gasteiger partial charge is 0.0693 e. The van der Waals surface area contributed by atoms with Crippen LogP contribution in [0.25, 0.3) is 0 Å². The Morgan fingerprint density at radius 1 is 1.50 bits per heavy atom. The first-order valence-corrected chi connectivity index (χ1v) is 5.18. The molecule has 0 aliphatic heterocycles. The van der Waals surface area contributed by atoms with Crippen LogP contribution in [-0.2, 0) is 0 Å². The molecule has 0 amide bonds. The Hall–Kier alpha value is -0.0800. The third-order valence-electron chi connectivity index (χ3n) is 2.70. The Balaban J connectivity index is 2.20. The minimum atomic E-state index is -0.0932. The monoisotopic (exact) mass is 171 g/mol. The molecule has 2 nitrogen and oxygen atoms in total. The summed E-state index contributed by atoms with van der Waals surface area (Å²) in [6.07, 6.45) is 5.65. The van der Waals surface area contributed by atoms with E-state index in [1.54, 1.807) is 0 Å². The lowest BCUT2D eigenvalue weighted by atomic mass is 10.1. The van der Waals surface area contributed by atoms with E-state index in [0.717, 1.165) is 12.8 Å². The quantitative estimate of drug-likeness (QED) is 0.674. The number of aliphatic hydroxyl groups is 1. The van der Waals surface area contributed by atoms with Gasteiger partial charge < -0.3 is 10.4 Å². The van der Waals surface area contributed by atoms with Crippen LogP contribution in [0, 0.1) is 0 Å². The average molecular weight is 171 g/mol. The molecule has 1 fully saturated rings. The van der Waals surface area contributed by atoms with Crippen LogP contribution in [0.15, 0.2) is 0 Å². The van der Waals surface area contributed by atoms with Crippen LogP contribution in [0.1, 0.15) is 46.0 Å². The standard InChI is InChI=1S/C10H21NO/c1-3-5-8(2)11-9-6-4-7-10(9)12/h8-12H,3-7H2,1-2H3/t8-,9+,10-/m0/s1. The van der Waals surface area contributed by atoms with Gasteiger partial charge in [-0.25, -0.2) is 0 Å². The fourth-order valence-electron chi connectivity index (χ4n) is 2.02. The maximum atomic E-state index is 9.54. The summed E-state index contributed by atoms with van der Waals surface area (Å²) in [5.41, 5.74) is 0. The minimum Gasteiger partial charge on any atom is -0.392 e.